The van der Waals surface area contributed by atoms with E-state index in [9.17, 15) is 0 Å². The van der Waals surface area contributed by atoms with Crippen LogP contribution in [0.1, 0.15) is 68.2 Å². The Labute approximate surface area is 138 Å². The fourth-order valence-electron chi connectivity index (χ4n) is 5.21. The number of hydrogen-bond acceptors (Lipinski definition) is 2. The second kappa shape index (κ2) is 5.21. The highest BCUT2D eigenvalue weighted by Gasteiger charge is 2.53. The van der Waals surface area contributed by atoms with Crippen molar-refractivity contribution in [2.24, 2.45) is 23.7 Å². The van der Waals surface area contributed by atoms with Crippen LogP contribution in [0.25, 0.3) is 0 Å². The number of likely N-dealkylation sites (tertiary alicyclic amines) is 2. The summed E-state index contributed by atoms with van der Waals surface area (Å²) in [5, 5.41) is 0. The molecule has 0 aromatic carbocycles. The molecule has 0 radical (unpaired) electrons. The minimum Gasteiger partial charge on any atom is -0.295 e. The summed E-state index contributed by atoms with van der Waals surface area (Å²) in [5.74, 6) is 4.22. The summed E-state index contributed by atoms with van der Waals surface area (Å²) >= 11 is 0. The lowest BCUT2D eigenvalue weighted by Gasteiger charge is -2.37. The molecule has 0 aromatic rings. The summed E-state index contributed by atoms with van der Waals surface area (Å²) in [7, 11) is 0. The van der Waals surface area contributed by atoms with Gasteiger partial charge in [-0.05, 0) is 91.9 Å². The highest BCUT2D eigenvalue weighted by atomic mass is 15.3. The normalized spacial score (nSPS) is 44.2. The van der Waals surface area contributed by atoms with Crippen molar-refractivity contribution in [2.75, 3.05) is 13.1 Å². The van der Waals surface area contributed by atoms with Gasteiger partial charge >= 0.3 is 0 Å². The van der Waals surface area contributed by atoms with Crippen LogP contribution in [0, 0.1) is 23.7 Å². The second-order valence-electron chi connectivity index (χ2n) is 10.4. The molecule has 2 heteroatoms. The molecule has 2 nitrogen and oxygen atoms in total. The third-order valence-corrected chi connectivity index (χ3v) is 6.76. The Morgan fingerprint density at radius 3 is 1.09 bits per heavy atom. The van der Waals surface area contributed by atoms with Gasteiger partial charge in [0.1, 0.15) is 0 Å². The molecule has 0 N–H and O–H groups in total. The average molecular weight is 307 g/mol. The highest BCUT2D eigenvalue weighted by molar-refractivity contribution is 5.06. The van der Waals surface area contributed by atoms with Crippen molar-refractivity contribution in [3.05, 3.63) is 0 Å². The number of rotatable bonds is 0. The minimum absolute atomic E-state index is 0.396. The van der Waals surface area contributed by atoms with E-state index in [2.05, 4.69) is 65.2 Å². The number of piperidine rings is 2. The van der Waals surface area contributed by atoms with Crippen LogP contribution in [-0.2, 0) is 0 Å². The lowest BCUT2D eigenvalue weighted by atomic mass is 10.0. The van der Waals surface area contributed by atoms with Crippen molar-refractivity contribution in [2.45, 2.75) is 91.4 Å². The summed E-state index contributed by atoms with van der Waals surface area (Å²) in [6.45, 7) is 21.5. The average Bonchev–Trinajstić information content (AvgIpc) is 3.25. The van der Waals surface area contributed by atoms with Gasteiger partial charge in [0.2, 0.25) is 0 Å². The number of nitrogens with zero attached hydrogens (tertiary/aromatic N) is 2. The van der Waals surface area contributed by atoms with E-state index in [1.54, 1.807) is 0 Å². The van der Waals surface area contributed by atoms with E-state index >= 15 is 0 Å². The van der Waals surface area contributed by atoms with Crippen LogP contribution < -0.4 is 0 Å². The van der Waals surface area contributed by atoms with Gasteiger partial charge in [-0.3, -0.25) is 9.80 Å². The van der Waals surface area contributed by atoms with Gasteiger partial charge in [0, 0.05) is 36.3 Å². The zero-order valence-corrected chi connectivity index (χ0v) is 16.2. The highest BCUT2D eigenvalue weighted by Crippen LogP contribution is 2.51. The molecule has 4 rings (SSSR count). The first-order valence-electron chi connectivity index (χ1n) is 9.53. The van der Waals surface area contributed by atoms with Crippen molar-refractivity contribution < 1.29 is 0 Å². The third kappa shape index (κ3) is 3.11. The molecule has 2 saturated carbocycles. The smallest absolute Gasteiger partial charge is 0.0128 e. The van der Waals surface area contributed by atoms with Gasteiger partial charge in [-0.15, -0.1) is 0 Å². The molecule has 22 heavy (non-hydrogen) atoms. The van der Waals surface area contributed by atoms with Gasteiger partial charge in [-0.1, -0.05) is 0 Å². The van der Waals surface area contributed by atoms with E-state index in [1.807, 2.05) is 0 Å². The van der Waals surface area contributed by atoms with Crippen LogP contribution in [0.4, 0.5) is 0 Å². The van der Waals surface area contributed by atoms with Crippen LogP contribution in [0.15, 0.2) is 0 Å². The lowest BCUT2D eigenvalue weighted by Crippen LogP contribution is -2.45. The van der Waals surface area contributed by atoms with Gasteiger partial charge in [0.05, 0.1) is 0 Å². The zero-order chi connectivity index (χ0) is 16.4. The molecular weight excluding hydrogens is 268 g/mol. The van der Waals surface area contributed by atoms with E-state index in [1.165, 1.54) is 25.9 Å². The van der Waals surface area contributed by atoms with Crippen molar-refractivity contribution in [3.63, 3.8) is 0 Å². The van der Waals surface area contributed by atoms with E-state index in [0.717, 1.165) is 35.8 Å². The third-order valence-electron chi connectivity index (χ3n) is 6.76. The molecular formula is C20H38N2. The number of hydrogen-bond donors (Lipinski definition) is 0. The Kier molecular flexibility index (Phi) is 3.97. The predicted octanol–water partition coefficient (Wildman–Crippen LogP) is 4.25. The molecule has 2 aliphatic carbocycles. The quantitative estimate of drug-likeness (QED) is 0.660. The summed E-state index contributed by atoms with van der Waals surface area (Å²) in [6, 6.07) is 1.69. The van der Waals surface area contributed by atoms with Crippen LogP contribution in [0.5, 0.6) is 0 Å². The Hall–Kier alpha value is -0.0800. The zero-order valence-electron chi connectivity index (χ0n) is 16.2. The summed E-state index contributed by atoms with van der Waals surface area (Å²) < 4.78 is 0. The Bertz CT molecular complexity index is 376. The molecule has 2 heterocycles. The fraction of sp³-hybridized carbons (Fsp3) is 1.00. The first-order chi connectivity index (χ1) is 10.00. The topological polar surface area (TPSA) is 6.48 Å². The summed E-state index contributed by atoms with van der Waals surface area (Å²) in [4.78, 5) is 5.32. The van der Waals surface area contributed by atoms with Crippen molar-refractivity contribution in [3.8, 4) is 0 Å². The van der Waals surface area contributed by atoms with Gasteiger partial charge in [0.25, 0.3) is 0 Å². The molecule has 2 saturated heterocycles. The first kappa shape index (κ1) is 16.8. The predicted molar refractivity (Wildman–Crippen MR) is 95.0 cm³/mol. The Balaban J connectivity index is 0.000000131. The van der Waals surface area contributed by atoms with E-state index in [0.29, 0.717) is 11.1 Å². The fourth-order valence-corrected chi connectivity index (χ4v) is 5.21. The minimum atomic E-state index is 0.396. The van der Waals surface area contributed by atoms with Crippen molar-refractivity contribution >= 4 is 0 Å². The standard InChI is InChI=1S/2C10H19N/c2*1-7-9-5-8(9)6-11(7)10(2,3)4/h2*7-9H,5-6H2,1-4H3/t7-,8+,9-;7-,8-,9+/m11/s1. The molecule has 4 aliphatic rings. The molecule has 6 atom stereocenters. The van der Waals surface area contributed by atoms with Crippen molar-refractivity contribution in [1.82, 2.24) is 9.80 Å². The Morgan fingerprint density at radius 1 is 0.636 bits per heavy atom. The van der Waals surface area contributed by atoms with Crippen LogP contribution in [0.2, 0.25) is 0 Å². The molecule has 0 spiro atoms. The molecule has 0 bridgehead atoms. The molecule has 2 aliphatic heterocycles. The van der Waals surface area contributed by atoms with Crippen LogP contribution in [0.3, 0.4) is 0 Å². The monoisotopic (exact) mass is 306 g/mol. The maximum atomic E-state index is 2.66. The van der Waals surface area contributed by atoms with Crippen LogP contribution >= 0.6 is 0 Å². The molecule has 128 valence electrons. The lowest BCUT2D eigenvalue weighted by molar-refractivity contribution is 0.109. The summed E-state index contributed by atoms with van der Waals surface area (Å²) in [5.41, 5.74) is 0.791. The molecule has 4 fully saturated rings. The SMILES string of the molecule is C[C@@H]1[C@@H]2C[C@@H]2CN1C(C)(C)C.C[C@@H]1[C@H]2C[C@H]2CN1C(C)(C)C. The van der Waals surface area contributed by atoms with E-state index < -0.39 is 0 Å². The Morgan fingerprint density at radius 2 is 0.955 bits per heavy atom. The molecule has 0 unspecified atom stereocenters. The van der Waals surface area contributed by atoms with E-state index in [4.69, 9.17) is 0 Å². The first-order valence-corrected chi connectivity index (χ1v) is 9.53. The van der Waals surface area contributed by atoms with Gasteiger partial charge in [-0.25, -0.2) is 0 Å². The summed E-state index contributed by atoms with van der Waals surface area (Å²) in [6.07, 6.45) is 3.02. The maximum Gasteiger partial charge on any atom is 0.0128 e. The van der Waals surface area contributed by atoms with Crippen LogP contribution in [-0.4, -0.2) is 46.1 Å². The van der Waals surface area contributed by atoms with Gasteiger partial charge in [0.15, 0.2) is 0 Å². The van der Waals surface area contributed by atoms with E-state index in [-0.39, 0.29) is 0 Å². The molecule has 0 aromatic heterocycles. The largest absolute Gasteiger partial charge is 0.295 e. The van der Waals surface area contributed by atoms with Gasteiger partial charge in [-0.2, -0.15) is 0 Å². The van der Waals surface area contributed by atoms with Gasteiger partial charge < -0.3 is 0 Å². The van der Waals surface area contributed by atoms with Crippen molar-refractivity contribution in [1.29, 1.82) is 0 Å². The number of fused-ring (bicyclic) bond motifs is 2. The second-order valence-corrected chi connectivity index (χ2v) is 10.4. The molecule has 0 amide bonds. The maximum absolute atomic E-state index is 2.66.